The van der Waals surface area contributed by atoms with Crippen molar-refractivity contribution in [2.45, 2.75) is 33.4 Å². The Morgan fingerprint density at radius 3 is 2.67 bits per heavy atom. The van der Waals surface area contributed by atoms with Gasteiger partial charge in [-0.05, 0) is 19.0 Å². The van der Waals surface area contributed by atoms with Crippen LogP contribution in [0.2, 0.25) is 10.0 Å². The standard InChI is InChI=1S/C14H17Cl2N3O2/c1-3-5-19-10(7-17-4-2)18-12-11(14(19)21)8(15)6-9(16)13(12)20/h6,17,20H,3-5,7H2,1-2H3. The van der Waals surface area contributed by atoms with Crippen molar-refractivity contribution in [3.63, 3.8) is 0 Å². The Hall–Kier alpha value is -1.30. The summed E-state index contributed by atoms with van der Waals surface area (Å²) in [6, 6.07) is 1.37. The fourth-order valence-corrected chi connectivity index (χ4v) is 2.71. The number of nitrogens with one attached hydrogen (secondary N) is 1. The van der Waals surface area contributed by atoms with Crippen LogP contribution in [0.1, 0.15) is 26.1 Å². The van der Waals surface area contributed by atoms with Crippen LogP contribution >= 0.6 is 23.2 Å². The smallest absolute Gasteiger partial charge is 0.263 e. The van der Waals surface area contributed by atoms with Gasteiger partial charge in [0.15, 0.2) is 5.75 Å². The van der Waals surface area contributed by atoms with Crippen molar-refractivity contribution < 1.29 is 5.11 Å². The van der Waals surface area contributed by atoms with Crippen molar-refractivity contribution in [1.82, 2.24) is 14.9 Å². The molecule has 0 spiro atoms. The van der Waals surface area contributed by atoms with Crippen molar-refractivity contribution >= 4 is 34.1 Å². The van der Waals surface area contributed by atoms with Gasteiger partial charge in [-0.15, -0.1) is 0 Å². The first-order valence-corrected chi connectivity index (χ1v) is 7.57. The molecule has 0 saturated carbocycles. The fourth-order valence-electron chi connectivity index (χ4n) is 2.18. The van der Waals surface area contributed by atoms with E-state index in [9.17, 15) is 9.90 Å². The number of benzene rings is 1. The molecular weight excluding hydrogens is 313 g/mol. The molecule has 0 unspecified atom stereocenters. The molecule has 1 heterocycles. The number of rotatable bonds is 5. The van der Waals surface area contributed by atoms with E-state index in [0.717, 1.165) is 13.0 Å². The lowest BCUT2D eigenvalue weighted by atomic mass is 10.2. The molecule has 2 rings (SSSR count). The fraction of sp³-hybridized carbons (Fsp3) is 0.429. The highest BCUT2D eigenvalue weighted by atomic mass is 35.5. The van der Waals surface area contributed by atoms with E-state index in [2.05, 4.69) is 10.3 Å². The molecule has 0 aliphatic carbocycles. The number of halogens is 2. The lowest BCUT2D eigenvalue weighted by molar-refractivity contribution is 0.479. The van der Waals surface area contributed by atoms with E-state index < -0.39 is 0 Å². The zero-order valence-corrected chi connectivity index (χ0v) is 13.4. The van der Waals surface area contributed by atoms with E-state index in [-0.39, 0.29) is 32.3 Å². The van der Waals surface area contributed by atoms with Gasteiger partial charge >= 0.3 is 0 Å². The van der Waals surface area contributed by atoms with Gasteiger partial charge < -0.3 is 10.4 Å². The van der Waals surface area contributed by atoms with Crippen LogP contribution in [0.5, 0.6) is 5.75 Å². The van der Waals surface area contributed by atoms with Crippen LogP contribution < -0.4 is 10.9 Å². The van der Waals surface area contributed by atoms with E-state index in [0.29, 0.717) is 18.9 Å². The van der Waals surface area contributed by atoms with Crippen LogP contribution in [0, 0.1) is 0 Å². The summed E-state index contributed by atoms with van der Waals surface area (Å²) in [6.45, 7) is 5.68. The second kappa shape index (κ2) is 6.64. The number of phenols is 1. The molecule has 0 bridgehead atoms. The summed E-state index contributed by atoms with van der Waals surface area (Å²) in [5, 5.41) is 13.7. The lowest BCUT2D eigenvalue weighted by Gasteiger charge is -2.14. The third-order valence-corrected chi connectivity index (χ3v) is 3.76. The third-order valence-electron chi connectivity index (χ3n) is 3.17. The van der Waals surface area contributed by atoms with Gasteiger partial charge in [-0.25, -0.2) is 4.98 Å². The summed E-state index contributed by atoms with van der Waals surface area (Å²) < 4.78 is 1.59. The van der Waals surface area contributed by atoms with Crippen LogP contribution in [-0.2, 0) is 13.1 Å². The van der Waals surface area contributed by atoms with E-state index in [1.165, 1.54) is 6.07 Å². The minimum Gasteiger partial charge on any atom is -0.504 e. The van der Waals surface area contributed by atoms with Gasteiger partial charge in [0.1, 0.15) is 11.3 Å². The molecule has 0 radical (unpaired) electrons. The molecule has 2 aromatic rings. The molecule has 2 N–H and O–H groups in total. The molecule has 7 heteroatoms. The number of phenolic OH excluding ortho intramolecular Hbond substituents is 1. The molecule has 1 aromatic carbocycles. The van der Waals surface area contributed by atoms with Crippen molar-refractivity contribution in [3.05, 3.63) is 32.3 Å². The Morgan fingerprint density at radius 1 is 1.33 bits per heavy atom. The van der Waals surface area contributed by atoms with Gasteiger partial charge in [0.05, 0.1) is 22.0 Å². The van der Waals surface area contributed by atoms with Crippen LogP contribution in [-0.4, -0.2) is 21.2 Å². The summed E-state index contributed by atoms with van der Waals surface area (Å²) in [5.41, 5.74) is -0.107. The third kappa shape index (κ3) is 3.00. The van der Waals surface area contributed by atoms with Gasteiger partial charge in [0.25, 0.3) is 5.56 Å². The number of nitrogens with zero attached hydrogens (tertiary/aromatic N) is 2. The summed E-state index contributed by atoms with van der Waals surface area (Å²) >= 11 is 12.0. The number of fused-ring (bicyclic) bond motifs is 1. The molecule has 0 fully saturated rings. The average Bonchev–Trinajstić information content (AvgIpc) is 2.45. The van der Waals surface area contributed by atoms with Crippen LogP contribution in [0.15, 0.2) is 10.9 Å². The van der Waals surface area contributed by atoms with E-state index in [1.807, 2.05) is 13.8 Å². The summed E-state index contributed by atoms with van der Waals surface area (Å²) in [4.78, 5) is 17.0. The van der Waals surface area contributed by atoms with Gasteiger partial charge in [-0.3, -0.25) is 9.36 Å². The quantitative estimate of drug-likeness (QED) is 0.885. The average molecular weight is 330 g/mol. The monoisotopic (exact) mass is 329 g/mol. The second-order valence-electron chi connectivity index (χ2n) is 4.68. The van der Waals surface area contributed by atoms with E-state index in [4.69, 9.17) is 23.2 Å². The Morgan fingerprint density at radius 2 is 2.05 bits per heavy atom. The van der Waals surface area contributed by atoms with Gasteiger partial charge in [-0.2, -0.15) is 0 Å². The molecule has 0 aliphatic rings. The van der Waals surface area contributed by atoms with Crippen molar-refractivity contribution in [3.8, 4) is 5.75 Å². The number of hydrogen-bond donors (Lipinski definition) is 2. The number of aromatic nitrogens is 2. The molecule has 0 saturated heterocycles. The van der Waals surface area contributed by atoms with Crippen molar-refractivity contribution in [2.75, 3.05) is 6.54 Å². The zero-order valence-electron chi connectivity index (χ0n) is 11.9. The molecule has 0 amide bonds. The topological polar surface area (TPSA) is 67.2 Å². The Labute approximate surface area is 132 Å². The normalized spacial score (nSPS) is 11.2. The SMILES string of the molecule is CCCn1c(CNCC)nc2c(O)c(Cl)cc(Cl)c2c1=O. The Balaban J connectivity index is 2.80. The maximum absolute atomic E-state index is 12.6. The highest BCUT2D eigenvalue weighted by Crippen LogP contribution is 2.34. The maximum Gasteiger partial charge on any atom is 0.263 e. The minimum absolute atomic E-state index is 0.0852. The Bertz CT molecular complexity index is 728. The highest BCUT2D eigenvalue weighted by molar-refractivity contribution is 6.39. The zero-order chi connectivity index (χ0) is 15.6. The highest BCUT2D eigenvalue weighted by Gasteiger charge is 2.18. The number of aromatic hydroxyl groups is 1. The van der Waals surface area contributed by atoms with Crippen LogP contribution in [0.3, 0.4) is 0 Å². The summed E-state index contributed by atoms with van der Waals surface area (Å²) in [7, 11) is 0. The van der Waals surface area contributed by atoms with E-state index in [1.54, 1.807) is 4.57 Å². The molecule has 0 aliphatic heterocycles. The molecule has 1 aromatic heterocycles. The first-order valence-electron chi connectivity index (χ1n) is 6.82. The molecular formula is C14H17Cl2N3O2. The first-order chi connectivity index (χ1) is 10.0. The second-order valence-corrected chi connectivity index (χ2v) is 5.49. The molecule has 21 heavy (non-hydrogen) atoms. The molecule has 5 nitrogen and oxygen atoms in total. The first kappa shape index (κ1) is 16.1. The predicted octanol–water partition coefficient (Wildman–Crippen LogP) is 2.93. The summed E-state index contributed by atoms with van der Waals surface area (Å²) in [6.07, 6.45) is 0.795. The van der Waals surface area contributed by atoms with E-state index >= 15 is 0 Å². The molecule has 0 atom stereocenters. The lowest BCUT2D eigenvalue weighted by Crippen LogP contribution is -2.28. The van der Waals surface area contributed by atoms with Crippen molar-refractivity contribution in [1.29, 1.82) is 0 Å². The van der Waals surface area contributed by atoms with Gasteiger partial charge in [0, 0.05) is 6.54 Å². The summed E-state index contributed by atoms with van der Waals surface area (Å²) in [5.74, 6) is 0.347. The Kier molecular flexibility index (Phi) is 5.08. The molecule has 114 valence electrons. The van der Waals surface area contributed by atoms with Crippen LogP contribution in [0.25, 0.3) is 10.9 Å². The largest absolute Gasteiger partial charge is 0.504 e. The minimum atomic E-state index is -0.258. The maximum atomic E-state index is 12.6. The number of hydrogen-bond acceptors (Lipinski definition) is 4. The van der Waals surface area contributed by atoms with Gasteiger partial charge in [-0.1, -0.05) is 37.0 Å². The predicted molar refractivity (Wildman–Crippen MR) is 85.4 cm³/mol. The van der Waals surface area contributed by atoms with Crippen LogP contribution in [0.4, 0.5) is 0 Å². The van der Waals surface area contributed by atoms with Gasteiger partial charge in [0.2, 0.25) is 0 Å². The van der Waals surface area contributed by atoms with Crippen molar-refractivity contribution in [2.24, 2.45) is 0 Å².